The average Bonchev–Trinajstić information content (AvgIpc) is 3.02. The molecule has 1 saturated heterocycles. The molecule has 1 aliphatic heterocycles. The van der Waals surface area contributed by atoms with Crippen LogP contribution in [0.2, 0.25) is 0 Å². The molecule has 3 unspecified atom stereocenters. The maximum absolute atomic E-state index is 12.8. The van der Waals surface area contributed by atoms with Gasteiger partial charge in [-0.1, -0.05) is 32.4 Å². The second-order valence-corrected chi connectivity index (χ2v) is 8.26. The molecule has 0 bridgehead atoms. The van der Waals surface area contributed by atoms with E-state index in [9.17, 15) is 9.59 Å². The summed E-state index contributed by atoms with van der Waals surface area (Å²) >= 11 is 0. The van der Waals surface area contributed by atoms with Crippen molar-refractivity contribution in [2.75, 3.05) is 0 Å². The third-order valence-electron chi connectivity index (χ3n) is 5.48. The molecule has 2 aliphatic rings. The first-order valence-corrected chi connectivity index (χ1v) is 8.65. The highest BCUT2D eigenvalue weighted by Crippen LogP contribution is 2.65. The topological polar surface area (TPSA) is 52.6 Å². The second kappa shape index (κ2) is 5.95. The zero-order valence-corrected chi connectivity index (χ0v) is 15.3. The minimum atomic E-state index is -0.769. The van der Waals surface area contributed by atoms with Gasteiger partial charge < -0.3 is 9.47 Å². The summed E-state index contributed by atoms with van der Waals surface area (Å²) in [7, 11) is 0. The van der Waals surface area contributed by atoms with Crippen LogP contribution in [0.1, 0.15) is 73.6 Å². The number of carbonyl (C=O) groups excluding carboxylic acids is 2. The van der Waals surface area contributed by atoms with E-state index in [0.29, 0.717) is 6.42 Å². The smallest absolute Gasteiger partial charge is 0.347 e. The summed E-state index contributed by atoms with van der Waals surface area (Å²) in [6.07, 6.45) is 4.95. The van der Waals surface area contributed by atoms with Crippen LogP contribution >= 0.6 is 0 Å². The molecule has 0 aromatic rings. The molecule has 2 fully saturated rings. The molecule has 1 saturated carbocycles. The molecule has 3 atom stereocenters. The van der Waals surface area contributed by atoms with Crippen molar-refractivity contribution in [3.8, 4) is 0 Å². The number of carbonyl (C=O) groups is 2. The van der Waals surface area contributed by atoms with Gasteiger partial charge in [0.15, 0.2) is 6.10 Å². The Balaban J connectivity index is 2.11. The molecule has 0 radical (unpaired) electrons. The number of cyclic esters (lactones) is 1. The van der Waals surface area contributed by atoms with E-state index in [4.69, 9.17) is 9.47 Å². The third-order valence-corrected chi connectivity index (χ3v) is 5.48. The van der Waals surface area contributed by atoms with Crippen LogP contribution in [0.3, 0.4) is 0 Å². The van der Waals surface area contributed by atoms with Gasteiger partial charge >= 0.3 is 11.9 Å². The van der Waals surface area contributed by atoms with Crippen LogP contribution in [0.4, 0.5) is 0 Å². The van der Waals surface area contributed by atoms with Crippen LogP contribution in [-0.4, -0.2) is 23.6 Å². The fourth-order valence-corrected chi connectivity index (χ4v) is 3.53. The van der Waals surface area contributed by atoms with E-state index < -0.39 is 23.1 Å². The maximum Gasteiger partial charge on any atom is 0.347 e. The first-order valence-electron chi connectivity index (χ1n) is 8.65. The summed E-state index contributed by atoms with van der Waals surface area (Å²) in [5.74, 6) is -0.684. The number of esters is 2. The van der Waals surface area contributed by atoms with Crippen molar-refractivity contribution < 1.29 is 19.1 Å². The molecule has 0 spiro atoms. The molecule has 0 aromatic heterocycles. The van der Waals surface area contributed by atoms with Crippen molar-refractivity contribution in [1.29, 1.82) is 0 Å². The van der Waals surface area contributed by atoms with Crippen molar-refractivity contribution >= 4 is 11.9 Å². The van der Waals surface area contributed by atoms with Crippen LogP contribution in [-0.2, 0) is 19.1 Å². The Labute approximate surface area is 139 Å². The van der Waals surface area contributed by atoms with Crippen molar-refractivity contribution in [2.45, 2.75) is 85.4 Å². The molecule has 0 amide bonds. The second-order valence-electron chi connectivity index (χ2n) is 8.26. The van der Waals surface area contributed by atoms with E-state index >= 15 is 0 Å². The Morgan fingerprint density at radius 1 is 1.35 bits per heavy atom. The van der Waals surface area contributed by atoms with E-state index in [0.717, 1.165) is 31.3 Å². The third kappa shape index (κ3) is 3.46. The van der Waals surface area contributed by atoms with Crippen LogP contribution in [0.25, 0.3) is 0 Å². The lowest BCUT2D eigenvalue weighted by molar-refractivity contribution is -0.178. The number of allylic oxidation sites excluding steroid dienone is 1. The van der Waals surface area contributed by atoms with Gasteiger partial charge in [0, 0.05) is 0 Å². The van der Waals surface area contributed by atoms with Gasteiger partial charge in [0.05, 0.1) is 5.41 Å². The molecule has 4 heteroatoms. The van der Waals surface area contributed by atoms with Crippen LogP contribution in [0, 0.1) is 10.8 Å². The lowest BCUT2D eigenvalue weighted by Crippen LogP contribution is -2.36. The highest BCUT2D eigenvalue weighted by molar-refractivity contribution is 5.87. The highest BCUT2D eigenvalue weighted by Gasteiger charge is 2.66. The lowest BCUT2D eigenvalue weighted by Gasteiger charge is -2.27. The van der Waals surface area contributed by atoms with E-state index in [1.165, 1.54) is 0 Å². The van der Waals surface area contributed by atoms with Gasteiger partial charge in [-0.2, -0.15) is 0 Å². The van der Waals surface area contributed by atoms with Gasteiger partial charge in [-0.3, -0.25) is 4.79 Å². The van der Waals surface area contributed by atoms with Gasteiger partial charge in [-0.15, -0.1) is 0 Å². The Morgan fingerprint density at radius 3 is 2.43 bits per heavy atom. The molecule has 2 rings (SSSR count). The molecule has 1 aliphatic carbocycles. The summed E-state index contributed by atoms with van der Waals surface area (Å²) in [6, 6.07) is 0. The van der Waals surface area contributed by atoms with Crippen LogP contribution in [0.15, 0.2) is 11.6 Å². The first-order chi connectivity index (χ1) is 10.6. The van der Waals surface area contributed by atoms with Gasteiger partial charge in [-0.05, 0) is 58.3 Å². The Hall–Kier alpha value is -1.32. The summed E-state index contributed by atoms with van der Waals surface area (Å²) < 4.78 is 11.2. The fraction of sp³-hybridized carbons (Fsp3) is 0.789. The van der Waals surface area contributed by atoms with Gasteiger partial charge in [-0.25, -0.2) is 4.79 Å². The standard InChI is InChI=1S/C19H30O4/c1-7-18(6)10-8-9-14(15(20)23-18)22-16(21)19(11-13(2)3)12-17(19,4)5/h11,14H,7-10,12H2,1-6H3. The van der Waals surface area contributed by atoms with E-state index in [2.05, 4.69) is 13.8 Å². The summed E-state index contributed by atoms with van der Waals surface area (Å²) in [6.45, 7) is 12.0. The number of hydrogen-bond acceptors (Lipinski definition) is 4. The Morgan fingerprint density at radius 2 is 1.96 bits per heavy atom. The molecule has 0 aromatic carbocycles. The predicted octanol–water partition coefficient (Wildman–Crippen LogP) is 4.18. The quantitative estimate of drug-likeness (QED) is 0.575. The SMILES string of the molecule is CCC1(C)CCCC(OC(=O)C2(C=C(C)C)CC2(C)C)C(=O)O1. The average molecular weight is 322 g/mol. The van der Waals surface area contributed by atoms with Crippen molar-refractivity contribution in [3.05, 3.63) is 11.6 Å². The first kappa shape index (κ1) is 18.0. The van der Waals surface area contributed by atoms with Gasteiger partial charge in [0.25, 0.3) is 0 Å². The zero-order valence-electron chi connectivity index (χ0n) is 15.3. The molecular formula is C19H30O4. The van der Waals surface area contributed by atoms with Crippen molar-refractivity contribution in [1.82, 2.24) is 0 Å². The van der Waals surface area contributed by atoms with Crippen LogP contribution in [0.5, 0.6) is 0 Å². The number of ether oxygens (including phenoxy) is 2. The normalized spacial score (nSPS) is 35.7. The van der Waals surface area contributed by atoms with Crippen molar-refractivity contribution in [2.24, 2.45) is 10.8 Å². The van der Waals surface area contributed by atoms with Gasteiger partial charge in [0.1, 0.15) is 5.60 Å². The summed E-state index contributed by atoms with van der Waals surface area (Å²) in [5, 5.41) is 0. The molecule has 0 N–H and O–H groups in total. The van der Waals surface area contributed by atoms with Crippen LogP contribution < -0.4 is 0 Å². The zero-order chi connectivity index (χ0) is 17.5. The predicted molar refractivity (Wildman–Crippen MR) is 88.8 cm³/mol. The maximum atomic E-state index is 12.8. The minimum absolute atomic E-state index is 0.117. The van der Waals surface area contributed by atoms with Gasteiger partial charge in [0.2, 0.25) is 0 Å². The molecule has 1 heterocycles. The summed E-state index contributed by atoms with van der Waals surface area (Å²) in [4.78, 5) is 25.1. The van der Waals surface area contributed by atoms with E-state index in [1.807, 2.05) is 33.8 Å². The Kier molecular flexibility index (Phi) is 4.67. The highest BCUT2D eigenvalue weighted by atomic mass is 16.6. The van der Waals surface area contributed by atoms with Crippen molar-refractivity contribution in [3.63, 3.8) is 0 Å². The minimum Gasteiger partial charge on any atom is -0.457 e. The molecule has 23 heavy (non-hydrogen) atoms. The number of hydrogen-bond donors (Lipinski definition) is 0. The van der Waals surface area contributed by atoms with E-state index in [1.54, 1.807) is 0 Å². The molecular weight excluding hydrogens is 292 g/mol. The van der Waals surface area contributed by atoms with E-state index in [-0.39, 0.29) is 11.4 Å². The number of rotatable bonds is 4. The monoisotopic (exact) mass is 322 g/mol. The molecule has 130 valence electrons. The molecule has 4 nitrogen and oxygen atoms in total. The lowest BCUT2D eigenvalue weighted by atomic mass is 9.93. The Bertz CT molecular complexity index is 529. The largest absolute Gasteiger partial charge is 0.457 e. The summed E-state index contributed by atoms with van der Waals surface area (Å²) in [5.41, 5.74) is -0.0516. The fourth-order valence-electron chi connectivity index (χ4n) is 3.53.